The molecule has 1 aromatic heterocycles. The molecular formula is C21H30N2O. The van der Waals surface area contributed by atoms with Gasteiger partial charge >= 0.3 is 0 Å². The van der Waals surface area contributed by atoms with Gasteiger partial charge in [-0.1, -0.05) is 38.5 Å². The van der Waals surface area contributed by atoms with Gasteiger partial charge in [0.2, 0.25) is 0 Å². The van der Waals surface area contributed by atoms with E-state index in [1.165, 1.54) is 35.0 Å². The highest BCUT2D eigenvalue weighted by Crippen LogP contribution is 2.50. The van der Waals surface area contributed by atoms with Gasteiger partial charge in [0.1, 0.15) is 0 Å². The zero-order valence-electron chi connectivity index (χ0n) is 15.4. The minimum Gasteiger partial charge on any atom is -0.396 e. The molecule has 0 aliphatic carbocycles. The number of aliphatic hydroxyl groups excluding tert-OH is 1. The molecule has 0 amide bonds. The van der Waals surface area contributed by atoms with E-state index in [0.717, 1.165) is 6.42 Å². The second kappa shape index (κ2) is 5.89. The Bertz CT molecular complexity index is 750. The number of nitrogens with zero attached hydrogens (tertiary/aromatic N) is 2. The van der Waals surface area contributed by atoms with Crippen LogP contribution >= 0.6 is 0 Å². The van der Waals surface area contributed by atoms with Crippen LogP contribution in [0, 0.1) is 17.8 Å². The number of aliphatic hydroxyl groups is 1. The Labute approximate surface area is 145 Å². The first kappa shape index (κ1) is 16.2. The molecule has 0 saturated carbocycles. The summed E-state index contributed by atoms with van der Waals surface area (Å²) in [6.07, 6.45) is 3.44. The van der Waals surface area contributed by atoms with Gasteiger partial charge in [0.05, 0.1) is 6.04 Å². The Morgan fingerprint density at radius 1 is 1.25 bits per heavy atom. The van der Waals surface area contributed by atoms with E-state index in [0.29, 0.717) is 36.4 Å². The van der Waals surface area contributed by atoms with E-state index in [2.05, 4.69) is 61.7 Å². The lowest BCUT2D eigenvalue weighted by molar-refractivity contribution is -0.0371. The van der Waals surface area contributed by atoms with Gasteiger partial charge in [0, 0.05) is 42.2 Å². The monoisotopic (exact) mass is 326 g/mol. The molecule has 2 bridgehead atoms. The Balaban J connectivity index is 1.86. The molecule has 0 spiro atoms. The summed E-state index contributed by atoms with van der Waals surface area (Å²) in [5.74, 6) is 1.70. The predicted molar refractivity (Wildman–Crippen MR) is 99.1 cm³/mol. The molecule has 1 fully saturated rings. The number of fused-ring (bicyclic) bond motifs is 6. The van der Waals surface area contributed by atoms with Crippen LogP contribution in [0.25, 0.3) is 10.9 Å². The Morgan fingerprint density at radius 3 is 2.71 bits per heavy atom. The van der Waals surface area contributed by atoms with E-state index in [1.54, 1.807) is 0 Å². The summed E-state index contributed by atoms with van der Waals surface area (Å²) >= 11 is 0. The summed E-state index contributed by atoms with van der Waals surface area (Å²) in [7, 11) is 4.50. The molecule has 5 atom stereocenters. The Hall–Kier alpha value is -1.32. The fraction of sp³-hybridized carbons (Fsp3) is 0.619. The summed E-state index contributed by atoms with van der Waals surface area (Å²) in [5.41, 5.74) is 4.39. The zero-order valence-corrected chi connectivity index (χ0v) is 15.4. The van der Waals surface area contributed by atoms with Crippen LogP contribution < -0.4 is 0 Å². The molecule has 0 unspecified atom stereocenters. The standard InChI is InChI=1S/C21H30N2O/c1-5-13(2)15-10-20-21-16(11-19(22(20)3)17(15)12-24)14-8-6-7-9-18(14)23(21)4/h6-9,13,15,17,19-20,24H,5,10-12H2,1-4H3/t13-,15+,17+,19+,20+/m1/s1. The summed E-state index contributed by atoms with van der Waals surface area (Å²) in [6.45, 7) is 4.98. The number of likely N-dealkylation sites (N-methyl/N-ethyl adjacent to an activating group) is 1. The van der Waals surface area contributed by atoms with Crippen molar-refractivity contribution in [3.8, 4) is 0 Å². The number of hydrogen-bond acceptors (Lipinski definition) is 2. The molecule has 1 aromatic carbocycles. The SMILES string of the molecule is CC[C@@H](C)[C@@H]1C[C@H]2c3c(c4ccccc4n3C)C[C@@H]([C@H]1CO)N2C. The van der Waals surface area contributed by atoms with E-state index in [1.807, 2.05) is 0 Å². The maximum Gasteiger partial charge on any atom is 0.0506 e. The Morgan fingerprint density at radius 2 is 2.00 bits per heavy atom. The van der Waals surface area contributed by atoms with Crippen LogP contribution in [0.1, 0.15) is 44.0 Å². The third-order valence-corrected chi connectivity index (χ3v) is 7.13. The second-order valence-electron chi connectivity index (χ2n) is 8.02. The van der Waals surface area contributed by atoms with Gasteiger partial charge in [-0.3, -0.25) is 4.90 Å². The molecule has 24 heavy (non-hydrogen) atoms. The van der Waals surface area contributed by atoms with Crippen LogP contribution in [0.5, 0.6) is 0 Å². The van der Waals surface area contributed by atoms with Gasteiger partial charge in [-0.05, 0) is 43.4 Å². The van der Waals surface area contributed by atoms with Crippen LogP contribution in [-0.4, -0.2) is 34.3 Å². The maximum absolute atomic E-state index is 10.2. The van der Waals surface area contributed by atoms with Crippen LogP contribution in [0.2, 0.25) is 0 Å². The van der Waals surface area contributed by atoms with Crippen LogP contribution in [-0.2, 0) is 13.5 Å². The first-order valence-corrected chi connectivity index (χ1v) is 9.47. The molecule has 2 aliphatic heterocycles. The van der Waals surface area contributed by atoms with Gasteiger partial charge in [-0.15, -0.1) is 0 Å². The lowest BCUT2D eigenvalue weighted by Gasteiger charge is -2.53. The van der Waals surface area contributed by atoms with Crippen molar-refractivity contribution in [1.82, 2.24) is 9.47 Å². The van der Waals surface area contributed by atoms with Crippen molar-refractivity contribution in [2.75, 3.05) is 13.7 Å². The number of piperidine rings is 1. The minimum atomic E-state index is 0.316. The van der Waals surface area contributed by atoms with E-state index in [-0.39, 0.29) is 0 Å². The highest BCUT2D eigenvalue weighted by atomic mass is 16.3. The number of aromatic nitrogens is 1. The van der Waals surface area contributed by atoms with Gasteiger partial charge in [0.25, 0.3) is 0 Å². The van der Waals surface area contributed by atoms with Crippen molar-refractivity contribution in [2.45, 2.75) is 45.2 Å². The molecule has 1 N–H and O–H groups in total. The Kier molecular flexibility index (Phi) is 3.97. The third kappa shape index (κ3) is 2.11. The maximum atomic E-state index is 10.2. The number of hydrogen-bond donors (Lipinski definition) is 1. The van der Waals surface area contributed by atoms with E-state index < -0.39 is 0 Å². The van der Waals surface area contributed by atoms with Crippen molar-refractivity contribution in [2.24, 2.45) is 24.8 Å². The predicted octanol–water partition coefficient (Wildman–Crippen LogP) is 3.75. The zero-order chi connectivity index (χ0) is 17.0. The summed E-state index contributed by atoms with van der Waals surface area (Å²) < 4.78 is 2.43. The number of benzene rings is 1. The summed E-state index contributed by atoms with van der Waals surface area (Å²) in [5, 5.41) is 11.6. The van der Waals surface area contributed by atoms with Crippen LogP contribution in [0.15, 0.2) is 24.3 Å². The van der Waals surface area contributed by atoms with Crippen molar-refractivity contribution in [3.63, 3.8) is 0 Å². The lowest BCUT2D eigenvalue weighted by atomic mass is 9.66. The molecule has 1 saturated heterocycles. The van der Waals surface area contributed by atoms with Crippen LogP contribution in [0.3, 0.4) is 0 Å². The highest BCUT2D eigenvalue weighted by Gasteiger charge is 2.47. The molecule has 0 radical (unpaired) electrons. The molecular weight excluding hydrogens is 296 g/mol. The van der Waals surface area contributed by atoms with E-state index >= 15 is 0 Å². The first-order chi connectivity index (χ1) is 11.6. The van der Waals surface area contributed by atoms with E-state index in [9.17, 15) is 5.11 Å². The number of aryl methyl sites for hydroxylation is 1. The van der Waals surface area contributed by atoms with Gasteiger partial charge < -0.3 is 9.67 Å². The van der Waals surface area contributed by atoms with Gasteiger partial charge in [0.15, 0.2) is 0 Å². The highest BCUT2D eigenvalue weighted by molar-refractivity contribution is 5.86. The molecule has 3 nitrogen and oxygen atoms in total. The second-order valence-corrected chi connectivity index (χ2v) is 8.02. The summed E-state index contributed by atoms with van der Waals surface area (Å²) in [6, 6.07) is 9.76. The normalized spacial score (nSPS) is 31.2. The number of rotatable bonds is 3. The molecule has 3 heteroatoms. The average molecular weight is 326 g/mol. The van der Waals surface area contributed by atoms with Crippen molar-refractivity contribution in [1.29, 1.82) is 0 Å². The summed E-state index contributed by atoms with van der Waals surface area (Å²) in [4.78, 5) is 2.56. The molecule has 2 aromatic rings. The molecule has 2 aliphatic rings. The fourth-order valence-electron chi connectivity index (χ4n) is 5.57. The largest absolute Gasteiger partial charge is 0.396 e. The van der Waals surface area contributed by atoms with Crippen molar-refractivity contribution >= 4 is 10.9 Å². The quantitative estimate of drug-likeness (QED) is 0.930. The molecule has 130 valence electrons. The third-order valence-electron chi connectivity index (χ3n) is 7.13. The first-order valence-electron chi connectivity index (χ1n) is 9.47. The molecule has 4 rings (SSSR count). The lowest BCUT2D eigenvalue weighted by Crippen LogP contribution is -2.55. The van der Waals surface area contributed by atoms with Crippen molar-refractivity contribution in [3.05, 3.63) is 35.5 Å². The van der Waals surface area contributed by atoms with Gasteiger partial charge in [-0.25, -0.2) is 0 Å². The minimum absolute atomic E-state index is 0.316. The van der Waals surface area contributed by atoms with Gasteiger partial charge in [-0.2, -0.15) is 0 Å². The number of para-hydroxylation sites is 1. The van der Waals surface area contributed by atoms with Crippen LogP contribution in [0.4, 0.5) is 0 Å². The van der Waals surface area contributed by atoms with Crippen molar-refractivity contribution < 1.29 is 5.11 Å². The average Bonchev–Trinajstić information content (AvgIpc) is 2.87. The fourth-order valence-corrected chi connectivity index (χ4v) is 5.57. The smallest absolute Gasteiger partial charge is 0.0506 e. The van der Waals surface area contributed by atoms with E-state index in [4.69, 9.17) is 0 Å². The topological polar surface area (TPSA) is 28.4 Å². The molecule has 3 heterocycles.